The number of para-hydroxylation sites is 1. The Kier molecular flexibility index (Phi) is 3.60. The standard InChI is InChI=1S/C22H16BrN3O/c23-14-10-8-13(9-11-14)20-19-17(6-3-7-18(19)27)26-21-22(20,12-24)15-4-1-2-5-16(15)25-21/h1-2,4-5,8-11,20H,3,6-7H2,(H,25,26)/t20-,22+/m1/s1. The van der Waals surface area contributed by atoms with Gasteiger partial charge in [-0.3, -0.25) is 4.79 Å². The molecule has 132 valence electrons. The van der Waals surface area contributed by atoms with Gasteiger partial charge in [-0.2, -0.15) is 5.26 Å². The minimum absolute atomic E-state index is 0.134. The SMILES string of the molecule is N#C[C@]12C(=Nc3ccccc31)NC1=C(C(=O)CCC1)[C@H]2c1ccc(Br)cc1. The van der Waals surface area contributed by atoms with Gasteiger partial charge in [-0.1, -0.05) is 46.3 Å². The van der Waals surface area contributed by atoms with Gasteiger partial charge in [-0.25, -0.2) is 4.99 Å². The Morgan fingerprint density at radius 1 is 1.15 bits per heavy atom. The second kappa shape index (κ2) is 5.90. The fraction of sp³-hybridized carbons (Fsp3) is 0.227. The molecule has 2 atom stereocenters. The smallest absolute Gasteiger partial charge is 0.161 e. The van der Waals surface area contributed by atoms with E-state index in [0.29, 0.717) is 12.3 Å². The number of nitrogens with zero attached hydrogens (tertiary/aromatic N) is 2. The molecule has 0 bridgehead atoms. The molecule has 0 saturated heterocycles. The van der Waals surface area contributed by atoms with Gasteiger partial charge in [0.25, 0.3) is 0 Å². The molecule has 3 aliphatic rings. The van der Waals surface area contributed by atoms with Gasteiger partial charge in [0.1, 0.15) is 5.84 Å². The number of allylic oxidation sites excluding steroid dienone is 2. The van der Waals surface area contributed by atoms with Crippen molar-refractivity contribution in [2.75, 3.05) is 0 Å². The third-order valence-corrected chi connectivity index (χ3v) is 6.29. The predicted octanol–water partition coefficient (Wildman–Crippen LogP) is 4.65. The number of rotatable bonds is 1. The number of aliphatic imine (C=N–C) groups is 1. The third-order valence-electron chi connectivity index (χ3n) is 5.76. The van der Waals surface area contributed by atoms with Crippen molar-refractivity contribution >= 4 is 33.2 Å². The van der Waals surface area contributed by atoms with Gasteiger partial charge in [-0.15, -0.1) is 0 Å². The largest absolute Gasteiger partial charge is 0.345 e. The zero-order valence-corrected chi connectivity index (χ0v) is 16.1. The Balaban J connectivity index is 1.83. The van der Waals surface area contributed by atoms with Crippen molar-refractivity contribution in [1.29, 1.82) is 5.26 Å². The molecule has 0 unspecified atom stereocenters. The molecule has 2 aromatic rings. The van der Waals surface area contributed by atoms with Crippen molar-refractivity contribution in [2.45, 2.75) is 30.6 Å². The maximum absolute atomic E-state index is 13.0. The average molecular weight is 418 g/mol. The van der Waals surface area contributed by atoms with Crippen LogP contribution in [0.25, 0.3) is 0 Å². The number of carbonyl (C=O) groups excluding carboxylic acids is 1. The predicted molar refractivity (Wildman–Crippen MR) is 107 cm³/mol. The minimum atomic E-state index is -1.00. The first-order chi connectivity index (χ1) is 13.1. The van der Waals surface area contributed by atoms with Crippen LogP contribution >= 0.6 is 15.9 Å². The number of Topliss-reactive ketones (excluding diaryl/α,β-unsaturated/α-hetero) is 1. The van der Waals surface area contributed by atoms with E-state index in [-0.39, 0.29) is 11.7 Å². The molecular weight excluding hydrogens is 402 g/mol. The Morgan fingerprint density at radius 3 is 2.70 bits per heavy atom. The van der Waals surface area contributed by atoms with Crippen molar-refractivity contribution in [2.24, 2.45) is 4.99 Å². The molecule has 5 heteroatoms. The van der Waals surface area contributed by atoms with E-state index in [1.807, 2.05) is 48.5 Å². The first-order valence-corrected chi connectivity index (χ1v) is 9.83. The Morgan fingerprint density at radius 2 is 1.93 bits per heavy atom. The highest BCUT2D eigenvalue weighted by molar-refractivity contribution is 9.10. The molecule has 1 aliphatic carbocycles. The molecule has 27 heavy (non-hydrogen) atoms. The van der Waals surface area contributed by atoms with Crippen molar-refractivity contribution in [3.63, 3.8) is 0 Å². The van der Waals surface area contributed by atoms with Crippen molar-refractivity contribution in [3.05, 3.63) is 75.4 Å². The summed E-state index contributed by atoms with van der Waals surface area (Å²) in [5.74, 6) is 0.421. The van der Waals surface area contributed by atoms with E-state index >= 15 is 0 Å². The van der Waals surface area contributed by atoms with Gasteiger partial charge < -0.3 is 5.32 Å². The number of halogens is 1. The molecule has 2 heterocycles. The van der Waals surface area contributed by atoms with Crippen LogP contribution < -0.4 is 5.32 Å². The molecule has 4 nitrogen and oxygen atoms in total. The number of hydrogen-bond acceptors (Lipinski definition) is 4. The Labute approximate surface area is 165 Å². The maximum Gasteiger partial charge on any atom is 0.161 e. The van der Waals surface area contributed by atoms with Gasteiger partial charge in [0.15, 0.2) is 11.2 Å². The molecule has 2 aliphatic heterocycles. The number of fused-ring (bicyclic) bond motifs is 3. The fourth-order valence-corrected chi connectivity index (χ4v) is 4.86. The first-order valence-electron chi connectivity index (χ1n) is 9.04. The van der Waals surface area contributed by atoms with Crippen molar-refractivity contribution in [3.8, 4) is 6.07 Å². The van der Waals surface area contributed by atoms with E-state index in [1.165, 1.54) is 0 Å². The Bertz CT molecular complexity index is 1080. The summed E-state index contributed by atoms with van der Waals surface area (Å²) in [5, 5.41) is 13.8. The lowest BCUT2D eigenvalue weighted by Gasteiger charge is -2.42. The van der Waals surface area contributed by atoms with Crippen LogP contribution in [0.15, 0.2) is 69.3 Å². The molecule has 2 aromatic carbocycles. The lowest BCUT2D eigenvalue weighted by atomic mass is 9.61. The van der Waals surface area contributed by atoms with Crippen LogP contribution in [0, 0.1) is 11.3 Å². The zero-order chi connectivity index (χ0) is 18.6. The quantitative estimate of drug-likeness (QED) is 0.734. The molecule has 1 N–H and O–H groups in total. The van der Waals surface area contributed by atoms with Crippen LogP contribution in [-0.4, -0.2) is 11.6 Å². The normalized spacial score (nSPS) is 25.7. The van der Waals surface area contributed by atoms with Crippen LogP contribution in [0.3, 0.4) is 0 Å². The summed E-state index contributed by atoms with van der Waals surface area (Å²) in [6.45, 7) is 0. The Hall–Kier alpha value is -2.71. The third kappa shape index (κ3) is 2.20. The van der Waals surface area contributed by atoms with Crippen LogP contribution in [0.5, 0.6) is 0 Å². The van der Waals surface area contributed by atoms with Crippen LogP contribution in [0.1, 0.15) is 36.3 Å². The molecule has 0 spiro atoms. The van der Waals surface area contributed by atoms with Crippen molar-refractivity contribution < 1.29 is 4.79 Å². The summed E-state index contributed by atoms with van der Waals surface area (Å²) in [6.07, 6.45) is 2.17. The zero-order valence-electron chi connectivity index (χ0n) is 14.5. The summed E-state index contributed by atoms with van der Waals surface area (Å²) in [4.78, 5) is 17.7. The second-order valence-corrected chi connectivity index (χ2v) is 8.09. The van der Waals surface area contributed by atoms with Crippen LogP contribution in [0.4, 0.5) is 5.69 Å². The number of carbonyl (C=O) groups is 1. The number of ketones is 1. The maximum atomic E-state index is 13.0. The molecule has 0 fully saturated rings. The number of hydrogen-bond donors (Lipinski definition) is 1. The highest BCUT2D eigenvalue weighted by Gasteiger charge is 2.56. The lowest BCUT2D eigenvalue weighted by molar-refractivity contribution is -0.116. The topological polar surface area (TPSA) is 65.2 Å². The summed E-state index contributed by atoms with van der Waals surface area (Å²) >= 11 is 3.48. The molecule has 5 rings (SSSR count). The summed E-state index contributed by atoms with van der Waals surface area (Å²) < 4.78 is 0.969. The number of nitrogens with one attached hydrogen (secondary N) is 1. The van der Waals surface area contributed by atoms with E-state index in [4.69, 9.17) is 4.99 Å². The molecule has 0 amide bonds. The second-order valence-electron chi connectivity index (χ2n) is 7.18. The van der Waals surface area contributed by atoms with Gasteiger partial charge in [0.2, 0.25) is 0 Å². The summed E-state index contributed by atoms with van der Waals surface area (Å²) in [6, 6.07) is 18.3. The van der Waals surface area contributed by atoms with E-state index in [2.05, 4.69) is 27.3 Å². The van der Waals surface area contributed by atoms with Gasteiger partial charge in [-0.05, 0) is 36.6 Å². The van der Waals surface area contributed by atoms with E-state index in [1.54, 1.807) is 0 Å². The lowest BCUT2D eigenvalue weighted by Crippen LogP contribution is -2.52. The molecular formula is C22H16BrN3O. The van der Waals surface area contributed by atoms with Crippen molar-refractivity contribution in [1.82, 2.24) is 5.32 Å². The van der Waals surface area contributed by atoms with Crippen LogP contribution in [-0.2, 0) is 10.2 Å². The fourth-order valence-electron chi connectivity index (χ4n) is 4.60. The summed E-state index contributed by atoms with van der Waals surface area (Å²) in [5.41, 5.74) is 3.31. The van der Waals surface area contributed by atoms with Gasteiger partial charge in [0, 0.05) is 33.6 Å². The van der Waals surface area contributed by atoms with Gasteiger partial charge in [0.05, 0.1) is 11.8 Å². The summed E-state index contributed by atoms with van der Waals surface area (Å²) in [7, 11) is 0. The molecule has 0 saturated carbocycles. The molecule has 0 radical (unpaired) electrons. The number of nitriles is 1. The van der Waals surface area contributed by atoms with E-state index in [0.717, 1.165) is 45.4 Å². The van der Waals surface area contributed by atoms with Crippen LogP contribution in [0.2, 0.25) is 0 Å². The monoisotopic (exact) mass is 417 g/mol. The van der Waals surface area contributed by atoms with E-state index in [9.17, 15) is 10.1 Å². The highest BCUT2D eigenvalue weighted by atomic mass is 79.9. The minimum Gasteiger partial charge on any atom is -0.345 e. The number of amidine groups is 1. The first kappa shape index (κ1) is 16.5. The highest BCUT2D eigenvalue weighted by Crippen LogP contribution is 2.54. The number of benzene rings is 2. The van der Waals surface area contributed by atoms with Gasteiger partial charge >= 0.3 is 0 Å². The molecule has 0 aromatic heterocycles. The average Bonchev–Trinajstić information content (AvgIpc) is 3.01. The van der Waals surface area contributed by atoms with E-state index < -0.39 is 5.41 Å².